The molecule has 2 amide bonds. The summed E-state index contributed by atoms with van der Waals surface area (Å²) >= 11 is 0. The van der Waals surface area contributed by atoms with Gasteiger partial charge >= 0.3 is 0 Å². The molecule has 37 heavy (non-hydrogen) atoms. The number of hydrogen-bond donors (Lipinski definition) is 1. The lowest BCUT2D eigenvalue weighted by Crippen LogP contribution is -2.50. The third-order valence-corrected chi connectivity index (χ3v) is 7.53. The molecule has 2 aromatic carbocycles. The fourth-order valence-electron chi connectivity index (χ4n) is 3.98. The van der Waals surface area contributed by atoms with E-state index in [-0.39, 0.29) is 49.5 Å². The zero-order chi connectivity index (χ0) is 27.8. The number of rotatable bonds is 13. The van der Waals surface area contributed by atoms with Gasteiger partial charge in [-0.1, -0.05) is 38.1 Å². The summed E-state index contributed by atoms with van der Waals surface area (Å²) in [6.45, 7) is 7.76. The summed E-state index contributed by atoms with van der Waals surface area (Å²) in [6, 6.07) is 9.72. The summed E-state index contributed by atoms with van der Waals surface area (Å²) in [4.78, 5) is 28.1. The Kier molecular flexibility index (Phi) is 11.0. The molecule has 2 rings (SSSR count). The van der Waals surface area contributed by atoms with E-state index in [4.69, 9.17) is 0 Å². The van der Waals surface area contributed by atoms with Crippen LogP contribution in [0.15, 0.2) is 42.5 Å². The van der Waals surface area contributed by atoms with E-state index in [1.807, 2.05) is 52.0 Å². The van der Waals surface area contributed by atoms with Gasteiger partial charge in [-0.2, -0.15) is 0 Å². The minimum Gasteiger partial charge on any atom is -0.352 e. The molecule has 0 bridgehead atoms. The lowest BCUT2D eigenvalue weighted by atomic mass is 10.0. The Hall–Kier alpha value is -3.01. The molecule has 0 saturated carbocycles. The second-order valence-electron chi connectivity index (χ2n) is 9.23. The highest BCUT2D eigenvalue weighted by Crippen LogP contribution is 2.22. The van der Waals surface area contributed by atoms with Gasteiger partial charge in [0.25, 0.3) is 0 Å². The number of sulfonamides is 1. The second-order valence-corrected chi connectivity index (χ2v) is 11.1. The van der Waals surface area contributed by atoms with E-state index < -0.39 is 27.7 Å². The van der Waals surface area contributed by atoms with E-state index >= 15 is 0 Å². The van der Waals surface area contributed by atoms with E-state index in [2.05, 4.69) is 5.32 Å². The van der Waals surface area contributed by atoms with E-state index in [0.29, 0.717) is 6.42 Å². The molecular weight excluding hydrogens is 500 g/mol. The van der Waals surface area contributed by atoms with Gasteiger partial charge in [0.2, 0.25) is 21.8 Å². The first-order valence-electron chi connectivity index (χ1n) is 12.5. The molecule has 0 unspecified atom stereocenters. The average molecular weight is 538 g/mol. The van der Waals surface area contributed by atoms with Gasteiger partial charge in [-0.15, -0.1) is 0 Å². The van der Waals surface area contributed by atoms with Crippen LogP contribution in [0.5, 0.6) is 0 Å². The molecule has 0 spiro atoms. The lowest BCUT2D eigenvalue weighted by Gasteiger charge is -2.32. The molecule has 204 valence electrons. The maximum Gasteiger partial charge on any atom is 0.243 e. The van der Waals surface area contributed by atoms with Crippen LogP contribution < -0.4 is 9.62 Å². The molecular formula is C27H37F2N3O4S. The van der Waals surface area contributed by atoms with Gasteiger partial charge in [0.1, 0.15) is 6.04 Å². The van der Waals surface area contributed by atoms with Crippen molar-refractivity contribution in [1.29, 1.82) is 0 Å². The maximum atomic E-state index is 13.7. The maximum absolute atomic E-state index is 13.7. The van der Waals surface area contributed by atoms with E-state index in [1.165, 1.54) is 6.07 Å². The van der Waals surface area contributed by atoms with Crippen LogP contribution in [0.4, 0.5) is 14.5 Å². The molecule has 7 nitrogen and oxygen atoms in total. The van der Waals surface area contributed by atoms with Crippen molar-refractivity contribution in [2.75, 3.05) is 17.1 Å². The Balaban J connectivity index is 2.25. The topological polar surface area (TPSA) is 86.8 Å². The fourth-order valence-corrected chi connectivity index (χ4v) is 4.93. The first kappa shape index (κ1) is 30.2. The van der Waals surface area contributed by atoms with Crippen LogP contribution in [0, 0.1) is 18.6 Å². The quantitative estimate of drug-likeness (QED) is 0.406. The van der Waals surface area contributed by atoms with Crippen LogP contribution in [-0.4, -0.2) is 50.0 Å². The molecule has 0 aliphatic rings. The highest BCUT2D eigenvalue weighted by atomic mass is 32.2. The van der Waals surface area contributed by atoms with Crippen molar-refractivity contribution in [3.05, 3.63) is 65.2 Å². The summed E-state index contributed by atoms with van der Waals surface area (Å²) in [7, 11) is -3.82. The van der Waals surface area contributed by atoms with Gasteiger partial charge in [-0.3, -0.25) is 13.9 Å². The monoisotopic (exact) mass is 537 g/mol. The largest absolute Gasteiger partial charge is 0.352 e. The number of hydrogen-bond acceptors (Lipinski definition) is 4. The smallest absolute Gasteiger partial charge is 0.243 e. The van der Waals surface area contributed by atoms with Crippen molar-refractivity contribution >= 4 is 27.5 Å². The molecule has 10 heteroatoms. The molecule has 0 fully saturated rings. The number of nitrogens with one attached hydrogen (secondary N) is 1. The van der Waals surface area contributed by atoms with Crippen molar-refractivity contribution in [3.8, 4) is 0 Å². The van der Waals surface area contributed by atoms with Crippen molar-refractivity contribution in [1.82, 2.24) is 10.2 Å². The third-order valence-electron chi connectivity index (χ3n) is 6.33. The van der Waals surface area contributed by atoms with E-state index in [0.717, 1.165) is 40.2 Å². The van der Waals surface area contributed by atoms with Gasteiger partial charge in [0.05, 0.1) is 11.9 Å². The Bertz CT molecular complexity index is 1190. The summed E-state index contributed by atoms with van der Waals surface area (Å²) < 4.78 is 52.8. The number of amides is 2. The molecule has 0 radical (unpaired) electrons. The van der Waals surface area contributed by atoms with E-state index in [9.17, 15) is 26.8 Å². The predicted octanol–water partition coefficient (Wildman–Crippen LogP) is 4.54. The summed E-state index contributed by atoms with van der Waals surface area (Å²) in [5.41, 5.74) is 1.87. The molecule has 1 N–H and O–H groups in total. The fraction of sp³-hybridized carbons (Fsp3) is 0.481. The molecule has 0 aromatic heterocycles. The van der Waals surface area contributed by atoms with Gasteiger partial charge in [0, 0.05) is 31.6 Å². The second kappa shape index (κ2) is 13.5. The minimum absolute atomic E-state index is 0.0232. The first-order chi connectivity index (χ1) is 17.4. The average Bonchev–Trinajstić information content (AvgIpc) is 2.83. The molecule has 0 saturated heterocycles. The Morgan fingerprint density at radius 2 is 1.70 bits per heavy atom. The molecule has 0 aliphatic carbocycles. The van der Waals surface area contributed by atoms with Crippen molar-refractivity contribution in [3.63, 3.8) is 0 Å². The SMILES string of the molecule is CC[C@@H](C)NC(=O)[C@@H](CC)N(Cc1ccccc1C)C(=O)CCCN(c1ccc(F)c(F)c1)S(C)(=O)=O. The van der Waals surface area contributed by atoms with Crippen molar-refractivity contribution in [2.45, 2.75) is 72.0 Å². The van der Waals surface area contributed by atoms with Crippen LogP contribution in [0.2, 0.25) is 0 Å². The number of aryl methyl sites for hydroxylation is 1. The van der Waals surface area contributed by atoms with Crippen LogP contribution >= 0.6 is 0 Å². The molecule has 0 heterocycles. The van der Waals surface area contributed by atoms with Crippen LogP contribution in [0.1, 0.15) is 57.6 Å². The number of carbonyl (C=O) groups excluding carboxylic acids is 2. The molecule has 2 atom stereocenters. The Morgan fingerprint density at radius 3 is 2.27 bits per heavy atom. The lowest BCUT2D eigenvalue weighted by molar-refractivity contribution is -0.141. The van der Waals surface area contributed by atoms with Crippen molar-refractivity contribution < 1.29 is 26.8 Å². The normalized spacial score (nSPS) is 13.1. The summed E-state index contributed by atoms with van der Waals surface area (Å²) in [5, 5.41) is 2.96. The number of carbonyl (C=O) groups is 2. The number of benzene rings is 2. The first-order valence-corrected chi connectivity index (χ1v) is 14.3. The van der Waals surface area contributed by atoms with E-state index in [1.54, 1.807) is 4.90 Å². The molecule has 0 aliphatic heterocycles. The predicted molar refractivity (Wildman–Crippen MR) is 141 cm³/mol. The van der Waals surface area contributed by atoms with Gasteiger partial charge in [-0.25, -0.2) is 17.2 Å². The Morgan fingerprint density at radius 1 is 1.03 bits per heavy atom. The Labute approximate surface area is 218 Å². The zero-order valence-electron chi connectivity index (χ0n) is 22.1. The highest BCUT2D eigenvalue weighted by Gasteiger charge is 2.29. The number of halogens is 2. The van der Waals surface area contributed by atoms with Gasteiger partial charge < -0.3 is 10.2 Å². The van der Waals surface area contributed by atoms with Crippen molar-refractivity contribution in [2.24, 2.45) is 0 Å². The summed E-state index contributed by atoms with van der Waals surface area (Å²) in [6.07, 6.45) is 2.21. The van der Waals surface area contributed by atoms with Gasteiger partial charge in [-0.05, 0) is 56.4 Å². The zero-order valence-corrected chi connectivity index (χ0v) is 22.9. The molecule has 2 aromatic rings. The number of nitrogens with zero attached hydrogens (tertiary/aromatic N) is 2. The standard InChI is InChI=1S/C27H37F2N3O4S/c1-6-20(4)30-27(34)25(7-2)31(18-21-12-9-8-11-19(21)3)26(33)13-10-16-32(37(5,35)36)22-14-15-23(28)24(29)17-22/h8-9,11-12,14-15,17,20,25H,6-7,10,13,16,18H2,1-5H3,(H,30,34)/t20-,25-/m1/s1. The number of anilines is 1. The van der Waals surface area contributed by atoms with Gasteiger partial charge in [0.15, 0.2) is 11.6 Å². The minimum atomic E-state index is -3.82. The highest BCUT2D eigenvalue weighted by molar-refractivity contribution is 7.92. The van der Waals surface area contributed by atoms with Crippen LogP contribution in [0.3, 0.4) is 0 Å². The third kappa shape index (κ3) is 8.52. The summed E-state index contributed by atoms with van der Waals surface area (Å²) in [5.74, 6) is -2.78. The van der Waals surface area contributed by atoms with Crippen LogP contribution in [0.25, 0.3) is 0 Å². The van der Waals surface area contributed by atoms with Crippen LogP contribution in [-0.2, 0) is 26.2 Å².